The van der Waals surface area contributed by atoms with Gasteiger partial charge in [-0.3, -0.25) is 24.5 Å². The minimum absolute atomic E-state index is 0.0132. The Bertz CT molecular complexity index is 1200. The highest BCUT2D eigenvalue weighted by Gasteiger charge is 2.45. The molecule has 0 aliphatic carbocycles. The number of aliphatic hydroxyl groups excluding tert-OH is 1. The second kappa shape index (κ2) is 9.92. The number of benzene rings is 1. The molecule has 0 saturated carbocycles. The lowest BCUT2D eigenvalue weighted by molar-refractivity contribution is -0.118. The first-order valence-corrected chi connectivity index (χ1v) is 11.2. The number of aromatic amines is 1. The highest BCUT2D eigenvalue weighted by Crippen LogP contribution is 2.35. The van der Waals surface area contributed by atoms with Crippen LogP contribution in [0.4, 0.5) is 5.95 Å². The van der Waals surface area contributed by atoms with Gasteiger partial charge in [0.15, 0.2) is 17.4 Å². The molecular formula is C23H29N5O6. The Labute approximate surface area is 196 Å². The number of imidazole rings is 1. The molecule has 34 heavy (non-hydrogen) atoms. The summed E-state index contributed by atoms with van der Waals surface area (Å²) in [5.41, 5.74) is 0.712. The number of hydrogen-bond donors (Lipinski definition) is 3. The summed E-state index contributed by atoms with van der Waals surface area (Å²) >= 11 is 0. The number of ether oxygens (including phenoxy) is 3. The van der Waals surface area contributed by atoms with E-state index in [1.54, 1.807) is 25.5 Å². The number of methoxy groups -OCH3 is 1. The highest BCUT2D eigenvalue weighted by molar-refractivity contribution is 5.91. The maximum atomic E-state index is 12.6. The first-order chi connectivity index (χ1) is 16.3. The van der Waals surface area contributed by atoms with Crippen LogP contribution in [0.1, 0.15) is 39.0 Å². The third-order valence-corrected chi connectivity index (χ3v) is 5.79. The molecule has 1 aliphatic rings. The summed E-state index contributed by atoms with van der Waals surface area (Å²) in [5, 5.41) is 13.5. The summed E-state index contributed by atoms with van der Waals surface area (Å²) in [6.07, 6.45) is -0.875. The van der Waals surface area contributed by atoms with E-state index >= 15 is 0 Å². The zero-order valence-electron chi connectivity index (χ0n) is 19.5. The second-order valence-electron chi connectivity index (χ2n) is 8.47. The summed E-state index contributed by atoms with van der Waals surface area (Å²) in [6, 6.07) is 7.42. The van der Waals surface area contributed by atoms with Crippen LogP contribution in [0, 0.1) is 5.92 Å². The third-order valence-electron chi connectivity index (χ3n) is 5.79. The lowest BCUT2D eigenvalue weighted by Crippen LogP contribution is -2.34. The van der Waals surface area contributed by atoms with Gasteiger partial charge in [0, 0.05) is 5.92 Å². The molecule has 2 aromatic heterocycles. The van der Waals surface area contributed by atoms with E-state index in [0.717, 1.165) is 11.3 Å². The van der Waals surface area contributed by atoms with Crippen molar-refractivity contribution in [2.75, 3.05) is 12.4 Å². The number of rotatable bonds is 8. The van der Waals surface area contributed by atoms with Crippen molar-refractivity contribution in [2.24, 2.45) is 5.92 Å². The van der Waals surface area contributed by atoms with Crippen LogP contribution in [0.2, 0.25) is 0 Å². The molecule has 4 atom stereocenters. The molecule has 0 spiro atoms. The van der Waals surface area contributed by atoms with Crippen LogP contribution >= 0.6 is 0 Å². The number of amides is 1. The molecule has 0 radical (unpaired) electrons. The van der Waals surface area contributed by atoms with E-state index in [0.29, 0.717) is 6.42 Å². The topological polar surface area (TPSA) is 141 Å². The molecule has 3 N–H and O–H groups in total. The fraction of sp³-hybridized carbons (Fsp3) is 0.478. The van der Waals surface area contributed by atoms with Gasteiger partial charge in [-0.05, 0) is 24.1 Å². The Balaban J connectivity index is 1.64. The van der Waals surface area contributed by atoms with E-state index in [2.05, 4.69) is 20.3 Å². The molecule has 1 amide bonds. The average molecular weight is 472 g/mol. The van der Waals surface area contributed by atoms with Crippen molar-refractivity contribution < 1.29 is 24.1 Å². The molecule has 3 aromatic rings. The Morgan fingerprint density at radius 2 is 2.06 bits per heavy atom. The van der Waals surface area contributed by atoms with Crippen molar-refractivity contribution in [3.8, 4) is 5.75 Å². The molecule has 4 rings (SSSR count). The molecule has 0 bridgehead atoms. The van der Waals surface area contributed by atoms with Gasteiger partial charge in [0.05, 0.1) is 26.1 Å². The summed E-state index contributed by atoms with van der Waals surface area (Å²) in [7, 11) is 1.60. The largest absolute Gasteiger partial charge is 0.497 e. The van der Waals surface area contributed by atoms with Gasteiger partial charge in [-0.2, -0.15) is 4.98 Å². The molecule has 182 valence electrons. The molecule has 0 unspecified atom stereocenters. The van der Waals surface area contributed by atoms with Gasteiger partial charge >= 0.3 is 0 Å². The Morgan fingerprint density at radius 1 is 1.32 bits per heavy atom. The van der Waals surface area contributed by atoms with Gasteiger partial charge in [-0.15, -0.1) is 0 Å². The zero-order chi connectivity index (χ0) is 24.4. The standard InChI is InChI=1S/C23H29N5O6/c1-5-15-17(29)18(33-10-13-6-8-14(32-4)9-7-13)22(34-15)28-11-24-16-19(28)25-23(27-21(16)31)26-20(30)12(2)3/h6-9,11-12,15,17-18,22,29H,5,10H2,1-4H3,(H2,25,26,27,30,31)/t15-,17-,18-,22-/m1/s1. The quantitative estimate of drug-likeness (QED) is 0.453. The molecule has 11 nitrogen and oxygen atoms in total. The molecule has 1 aliphatic heterocycles. The lowest BCUT2D eigenvalue weighted by atomic mass is 10.1. The summed E-state index contributed by atoms with van der Waals surface area (Å²) in [5.74, 6) is 0.172. The number of aliphatic hydroxyl groups is 1. The smallest absolute Gasteiger partial charge is 0.280 e. The summed E-state index contributed by atoms with van der Waals surface area (Å²) < 4.78 is 18.9. The number of H-pyrrole nitrogens is 1. The lowest BCUT2D eigenvalue weighted by Gasteiger charge is -2.22. The van der Waals surface area contributed by atoms with E-state index < -0.39 is 30.1 Å². The zero-order valence-corrected chi connectivity index (χ0v) is 19.5. The van der Waals surface area contributed by atoms with E-state index in [1.807, 2.05) is 31.2 Å². The molecule has 11 heteroatoms. The van der Waals surface area contributed by atoms with Crippen LogP contribution in [0.3, 0.4) is 0 Å². The van der Waals surface area contributed by atoms with Crippen molar-refractivity contribution in [1.82, 2.24) is 19.5 Å². The van der Waals surface area contributed by atoms with Gasteiger partial charge in [0.1, 0.15) is 18.0 Å². The Hall–Kier alpha value is -3.28. The molecule has 1 aromatic carbocycles. The van der Waals surface area contributed by atoms with Crippen molar-refractivity contribution in [3.05, 3.63) is 46.5 Å². The fourth-order valence-electron chi connectivity index (χ4n) is 3.81. The average Bonchev–Trinajstić information content (AvgIpc) is 3.38. The van der Waals surface area contributed by atoms with E-state index in [-0.39, 0.29) is 35.5 Å². The van der Waals surface area contributed by atoms with Crippen LogP contribution in [0.5, 0.6) is 5.75 Å². The van der Waals surface area contributed by atoms with E-state index in [9.17, 15) is 14.7 Å². The predicted molar refractivity (Wildman–Crippen MR) is 123 cm³/mol. The van der Waals surface area contributed by atoms with Crippen LogP contribution in [0.25, 0.3) is 11.2 Å². The third kappa shape index (κ3) is 4.67. The monoisotopic (exact) mass is 471 g/mol. The minimum Gasteiger partial charge on any atom is -0.497 e. The van der Waals surface area contributed by atoms with Crippen molar-refractivity contribution in [1.29, 1.82) is 0 Å². The summed E-state index contributed by atoms with van der Waals surface area (Å²) in [4.78, 5) is 35.8. The maximum absolute atomic E-state index is 12.6. The normalized spacial score (nSPS) is 22.4. The number of aromatic nitrogens is 4. The minimum atomic E-state index is -0.896. The van der Waals surface area contributed by atoms with Crippen molar-refractivity contribution in [2.45, 2.75) is 58.3 Å². The van der Waals surface area contributed by atoms with Gasteiger partial charge in [0.2, 0.25) is 11.9 Å². The molecular weight excluding hydrogens is 442 g/mol. The second-order valence-corrected chi connectivity index (χ2v) is 8.47. The predicted octanol–water partition coefficient (Wildman–Crippen LogP) is 1.98. The Kier molecular flexibility index (Phi) is 6.96. The van der Waals surface area contributed by atoms with Crippen LogP contribution < -0.4 is 15.6 Å². The van der Waals surface area contributed by atoms with E-state index in [4.69, 9.17) is 14.2 Å². The van der Waals surface area contributed by atoms with Gasteiger partial charge in [-0.25, -0.2) is 4.98 Å². The van der Waals surface area contributed by atoms with Gasteiger partial charge in [-0.1, -0.05) is 32.9 Å². The van der Waals surface area contributed by atoms with Crippen LogP contribution in [-0.2, 0) is 20.9 Å². The fourth-order valence-corrected chi connectivity index (χ4v) is 3.81. The first-order valence-electron chi connectivity index (χ1n) is 11.2. The first kappa shape index (κ1) is 23.9. The van der Waals surface area contributed by atoms with Gasteiger partial charge < -0.3 is 19.3 Å². The number of fused-ring (bicyclic) bond motifs is 1. The molecule has 1 fully saturated rings. The van der Waals surface area contributed by atoms with Gasteiger partial charge in [0.25, 0.3) is 5.56 Å². The van der Waals surface area contributed by atoms with E-state index in [1.165, 1.54) is 6.33 Å². The maximum Gasteiger partial charge on any atom is 0.280 e. The summed E-state index contributed by atoms with van der Waals surface area (Å²) in [6.45, 7) is 5.61. The van der Waals surface area contributed by atoms with Crippen LogP contribution in [0.15, 0.2) is 35.4 Å². The van der Waals surface area contributed by atoms with Crippen LogP contribution in [-0.4, -0.2) is 56.0 Å². The number of carbonyl (C=O) groups is 1. The number of hydrogen-bond acceptors (Lipinski definition) is 8. The van der Waals surface area contributed by atoms with Crippen molar-refractivity contribution >= 4 is 23.0 Å². The highest BCUT2D eigenvalue weighted by atomic mass is 16.6. The number of nitrogens with one attached hydrogen (secondary N) is 2. The number of nitrogens with zero attached hydrogens (tertiary/aromatic N) is 3. The molecule has 3 heterocycles. The molecule has 1 saturated heterocycles. The Morgan fingerprint density at radius 3 is 2.71 bits per heavy atom. The number of anilines is 1. The SMILES string of the molecule is CC[C@H]1O[C@@H](n2cnc3c(=O)[nH]c(NC(=O)C(C)C)nc32)[C@H](OCc2ccc(OC)cc2)[C@@H]1O. The van der Waals surface area contributed by atoms with Crippen molar-refractivity contribution in [3.63, 3.8) is 0 Å². The number of carbonyl (C=O) groups excluding carboxylic acids is 1.